The average molecular weight is 314 g/mol. The van der Waals surface area contributed by atoms with Gasteiger partial charge in [-0.25, -0.2) is 0 Å². The third-order valence-electron chi connectivity index (χ3n) is 2.53. The third kappa shape index (κ3) is 3.10. The molecule has 0 bridgehead atoms. The Hall–Kier alpha value is -0.810. The zero-order valence-electron chi connectivity index (χ0n) is 10.1. The monoisotopic (exact) mass is 313 g/mol. The Morgan fingerprint density at radius 2 is 2.12 bits per heavy atom. The number of anilines is 1. The molecule has 0 aromatic carbocycles. The van der Waals surface area contributed by atoms with Crippen LogP contribution in [0, 0.1) is 0 Å². The summed E-state index contributed by atoms with van der Waals surface area (Å²) in [5, 5.41) is 7.77. The maximum atomic E-state index is 4.32. The van der Waals surface area contributed by atoms with Crippen LogP contribution in [-0.2, 0) is 0 Å². The maximum Gasteiger partial charge on any atom is 0.0731 e. The van der Waals surface area contributed by atoms with E-state index >= 15 is 0 Å². The first-order valence-corrected chi connectivity index (χ1v) is 7.23. The number of rotatable bonds is 4. The maximum absolute atomic E-state index is 4.32. The van der Waals surface area contributed by atoms with Gasteiger partial charge in [-0.1, -0.05) is 0 Å². The normalized spacial score (nSPS) is 13.0. The fourth-order valence-electron chi connectivity index (χ4n) is 1.58. The van der Waals surface area contributed by atoms with Crippen molar-refractivity contribution in [1.82, 2.24) is 9.78 Å². The largest absolute Gasteiger partial charge is 0.375 e. The molecular weight excluding hydrogens is 298 g/mol. The summed E-state index contributed by atoms with van der Waals surface area (Å²) in [6.45, 7) is 6.40. The lowest BCUT2D eigenvalue weighted by Gasteiger charge is -2.11. The second-order valence-electron chi connectivity index (χ2n) is 4.31. The molecule has 0 amide bonds. The molecule has 17 heavy (non-hydrogen) atoms. The van der Waals surface area contributed by atoms with E-state index in [-0.39, 0.29) is 0 Å². The van der Waals surface area contributed by atoms with Crippen LogP contribution < -0.4 is 5.32 Å². The zero-order chi connectivity index (χ0) is 12.4. The van der Waals surface area contributed by atoms with E-state index in [2.05, 4.69) is 59.2 Å². The summed E-state index contributed by atoms with van der Waals surface area (Å²) in [6, 6.07) is 4.92. The lowest BCUT2D eigenvalue weighted by Crippen LogP contribution is -2.04. The summed E-state index contributed by atoms with van der Waals surface area (Å²) in [7, 11) is 0. The van der Waals surface area contributed by atoms with Gasteiger partial charge < -0.3 is 5.32 Å². The van der Waals surface area contributed by atoms with Crippen LogP contribution in [0.25, 0.3) is 0 Å². The van der Waals surface area contributed by atoms with E-state index < -0.39 is 0 Å². The Balaban J connectivity index is 2.05. The SMILES string of the molecule is CC(Nc1cnn(C(C)C)c1)c1ccc(Br)s1. The van der Waals surface area contributed by atoms with Crippen LogP contribution in [0.4, 0.5) is 5.69 Å². The van der Waals surface area contributed by atoms with E-state index in [0.29, 0.717) is 12.1 Å². The number of halogens is 1. The van der Waals surface area contributed by atoms with Gasteiger partial charge in [0.05, 0.1) is 21.7 Å². The molecule has 0 aliphatic carbocycles. The minimum absolute atomic E-state index is 0.302. The predicted molar refractivity (Wildman–Crippen MR) is 76.7 cm³/mol. The first-order valence-electron chi connectivity index (χ1n) is 5.62. The molecule has 1 unspecified atom stereocenters. The van der Waals surface area contributed by atoms with Gasteiger partial charge in [0.15, 0.2) is 0 Å². The van der Waals surface area contributed by atoms with Crippen molar-refractivity contribution in [3.8, 4) is 0 Å². The van der Waals surface area contributed by atoms with Gasteiger partial charge in [0.25, 0.3) is 0 Å². The second-order valence-corrected chi connectivity index (χ2v) is 6.81. The van der Waals surface area contributed by atoms with E-state index in [1.807, 2.05) is 17.1 Å². The van der Waals surface area contributed by atoms with E-state index in [9.17, 15) is 0 Å². The zero-order valence-corrected chi connectivity index (χ0v) is 12.5. The third-order valence-corrected chi connectivity index (χ3v) is 4.34. The van der Waals surface area contributed by atoms with Crippen molar-refractivity contribution in [2.45, 2.75) is 32.9 Å². The molecule has 0 saturated carbocycles. The van der Waals surface area contributed by atoms with Crippen molar-refractivity contribution in [2.75, 3.05) is 5.32 Å². The summed E-state index contributed by atoms with van der Waals surface area (Å²) < 4.78 is 3.12. The molecule has 2 aromatic rings. The quantitative estimate of drug-likeness (QED) is 0.903. The molecule has 2 heterocycles. The average Bonchev–Trinajstić information content (AvgIpc) is 2.86. The minimum atomic E-state index is 0.302. The van der Waals surface area contributed by atoms with Crippen LogP contribution in [0.2, 0.25) is 0 Å². The topological polar surface area (TPSA) is 29.9 Å². The molecular formula is C12H16BrN3S. The van der Waals surface area contributed by atoms with Gasteiger partial charge in [-0.05, 0) is 48.8 Å². The molecule has 1 atom stereocenters. The Kier molecular flexibility index (Phi) is 3.89. The van der Waals surface area contributed by atoms with Crippen LogP contribution in [0.15, 0.2) is 28.3 Å². The van der Waals surface area contributed by atoms with Crippen molar-refractivity contribution in [2.24, 2.45) is 0 Å². The number of hydrogen-bond acceptors (Lipinski definition) is 3. The standard InChI is InChI=1S/C12H16BrN3S/c1-8(2)16-7-10(6-14-16)15-9(3)11-4-5-12(13)17-11/h4-9,15H,1-3H3. The predicted octanol–water partition coefficient (Wildman–Crippen LogP) is 4.46. The molecule has 2 rings (SSSR count). The number of hydrogen-bond donors (Lipinski definition) is 1. The van der Waals surface area contributed by atoms with Crippen LogP contribution in [0.1, 0.15) is 37.7 Å². The highest BCUT2D eigenvalue weighted by molar-refractivity contribution is 9.11. The molecule has 3 nitrogen and oxygen atoms in total. The summed E-state index contributed by atoms with van der Waals surface area (Å²) in [5.41, 5.74) is 1.07. The summed E-state index contributed by atoms with van der Waals surface area (Å²) in [5.74, 6) is 0. The summed E-state index contributed by atoms with van der Waals surface area (Å²) >= 11 is 5.24. The van der Waals surface area contributed by atoms with Crippen molar-refractivity contribution in [3.05, 3.63) is 33.2 Å². The minimum Gasteiger partial charge on any atom is -0.375 e. The van der Waals surface area contributed by atoms with Crippen LogP contribution >= 0.6 is 27.3 Å². The van der Waals surface area contributed by atoms with E-state index in [0.717, 1.165) is 5.69 Å². The molecule has 0 spiro atoms. The van der Waals surface area contributed by atoms with Crippen molar-refractivity contribution in [3.63, 3.8) is 0 Å². The van der Waals surface area contributed by atoms with Gasteiger partial charge in [0, 0.05) is 17.1 Å². The summed E-state index contributed by atoms with van der Waals surface area (Å²) in [6.07, 6.45) is 3.92. The molecule has 0 aliphatic heterocycles. The molecule has 0 saturated heterocycles. The van der Waals surface area contributed by atoms with E-state index in [4.69, 9.17) is 0 Å². The van der Waals surface area contributed by atoms with Crippen LogP contribution in [0.3, 0.4) is 0 Å². The number of thiophene rings is 1. The van der Waals surface area contributed by atoms with E-state index in [1.54, 1.807) is 11.3 Å². The molecule has 1 N–H and O–H groups in total. The van der Waals surface area contributed by atoms with Crippen molar-refractivity contribution < 1.29 is 0 Å². The molecule has 0 radical (unpaired) electrons. The first kappa shape index (κ1) is 12.6. The van der Waals surface area contributed by atoms with Gasteiger partial charge in [-0.2, -0.15) is 5.10 Å². The van der Waals surface area contributed by atoms with Gasteiger partial charge >= 0.3 is 0 Å². The lowest BCUT2D eigenvalue weighted by molar-refractivity contribution is 0.532. The van der Waals surface area contributed by atoms with Crippen LogP contribution in [0.5, 0.6) is 0 Å². The van der Waals surface area contributed by atoms with Crippen LogP contribution in [-0.4, -0.2) is 9.78 Å². The molecule has 92 valence electrons. The molecule has 5 heteroatoms. The van der Waals surface area contributed by atoms with Gasteiger partial charge in [0.2, 0.25) is 0 Å². The van der Waals surface area contributed by atoms with Gasteiger partial charge in [-0.3, -0.25) is 4.68 Å². The number of nitrogens with zero attached hydrogens (tertiary/aromatic N) is 2. The molecule has 0 fully saturated rings. The van der Waals surface area contributed by atoms with Crippen molar-refractivity contribution in [1.29, 1.82) is 0 Å². The Morgan fingerprint density at radius 3 is 2.65 bits per heavy atom. The summed E-state index contributed by atoms with van der Waals surface area (Å²) in [4.78, 5) is 1.31. The highest BCUT2D eigenvalue weighted by Gasteiger charge is 2.09. The lowest BCUT2D eigenvalue weighted by atomic mass is 10.2. The highest BCUT2D eigenvalue weighted by atomic mass is 79.9. The molecule has 2 aromatic heterocycles. The first-order chi connectivity index (χ1) is 8.06. The molecule has 0 aliphatic rings. The Bertz CT molecular complexity index is 489. The Labute approximate surface area is 114 Å². The van der Waals surface area contributed by atoms with Gasteiger partial charge in [-0.15, -0.1) is 11.3 Å². The van der Waals surface area contributed by atoms with Crippen molar-refractivity contribution >= 4 is 33.0 Å². The fraction of sp³-hybridized carbons (Fsp3) is 0.417. The second kappa shape index (κ2) is 5.23. The number of aromatic nitrogens is 2. The van der Waals surface area contributed by atoms with Gasteiger partial charge in [0.1, 0.15) is 0 Å². The Morgan fingerprint density at radius 1 is 1.35 bits per heavy atom. The number of nitrogens with one attached hydrogen (secondary N) is 1. The fourth-order valence-corrected chi connectivity index (χ4v) is 3.00. The smallest absolute Gasteiger partial charge is 0.0731 e. The van der Waals surface area contributed by atoms with E-state index in [1.165, 1.54) is 8.66 Å². The highest BCUT2D eigenvalue weighted by Crippen LogP contribution is 2.29.